The lowest BCUT2D eigenvalue weighted by molar-refractivity contribution is 0.290. The Balaban J connectivity index is 2.32. The number of unbranched alkanes of at least 4 members (excludes halogenated alkanes) is 4. The van der Waals surface area contributed by atoms with Crippen molar-refractivity contribution in [1.29, 1.82) is 0 Å². The molecule has 3 nitrogen and oxygen atoms in total. The molecule has 2 N–H and O–H groups in total. The SMILES string of the molecule is CCCCCCCOc1nc(C)ccc1CN. The molecule has 1 aromatic heterocycles. The summed E-state index contributed by atoms with van der Waals surface area (Å²) in [5.74, 6) is 0.711. The zero-order valence-electron chi connectivity index (χ0n) is 11.0. The fourth-order valence-corrected chi connectivity index (χ4v) is 1.72. The molecular weight excluding hydrogens is 212 g/mol. The van der Waals surface area contributed by atoms with Crippen molar-refractivity contribution in [2.75, 3.05) is 6.61 Å². The first-order chi connectivity index (χ1) is 8.27. The summed E-state index contributed by atoms with van der Waals surface area (Å²) in [6.45, 7) is 5.42. The summed E-state index contributed by atoms with van der Waals surface area (Å²) in [4.78, 5) is 4.38. The van der Waals surface area contributed by atoms with E-state index in [4.69, 9.17) is 10.5 Å². The van der Waals surface area contributed by atoms with E-state index in [-0.39, 0.29) is 0 Å². The molecule has 0 bridgehead atoms. The molecule has 0 amide bonds. The molecule has 0 aliphatic heterocycles. The molecular formula is C14H24N2O. The van der Waals surface area contributed by atoms with Crippen LogP contribution in [0.25, 0.3) is 0 Å². The van der Waals surface area contributed by atoms with Crippen molar-refractivity contribution < 1.29 is 4.74 Å². The second-order valence-electron chi connectivity index (χ2n) is 4.38. The van der Waals surface area contributed by atoms with Crippen molar-refractivity contribution >= 4 is 0 Å². The van der Waals surface area contributed by atoms with Crippen LogP contribution in [0.5, 0.6) is 5.88 Å². The Labute approximate surface area is 104 Å². The molecule has 0 unspecified atom stereocenters. The first-order valence-electron chi connectivity index (χ1n) is 6.57. The Hall–Kier alpha value is -1.09. The molecule has 1 heterocycles. The standard InChI is InChI=1S/C14H24N2O/c1-3-4-5-6-7-10-17-14-13(11-15)9-8-12(2)16-14/h8-9H,3-7,10-11,15H2,1-2H3. The first-order valence-corrected chi connectivity index (χ1v) is 6.57. The van der Waals surface area contributed by atoms with Gasteiger partial charge in [0, 0.05) is 17.8 Å². The van der Waals surface area contributed by atoms with Gasteiger partial charge in [-0.3, -0.25) is 0 Å². The van der Waals surface area contributed by atoms with Gasteiger partial charge in [-0.15, -0.1) is 0 Å². The summed E-state index contributed by atoms with van der Waals surface area (Å²) in [5.41, 5.74) is 7.62. The van der Waals surface area contributed by atoms with Gasteiger partial charge in [0.2, 0.25) is 5.88 Å². The zero-order valence-corrected chi connectivity index (χ0v) is 11.0. The molecule has 0 radical (unpaired) electrons. The van der Waals surface area contributed by atoms with E-state index >= 15 is 0 Å². The minimum absolute atomic E-state index is 0.485. The number of rotatable bonds is 8. The highest BCUT2D eigenvalue weighted by Crippen LogP contribution is 2.16. The quantitative estimate of drug-likeness (QED) is 0.705. The van der Waals surface area contributed by atoms with E-state index < -0.39 is 0 Å². The normalized spacial score (nSPS) is 10.5. The monoisotopic (exact) mass is 236 g/mol. The van der Waals surface area contributed by atoms with E-state index in [1.165, 1.54) is 25.7 Å². The minimum Gasteiger partial charge on any atom is -0.477 e. The van der Waals surface area contributed by atoms with Crippen LogP contribution in [0.15, 0.2) is 12.1 Å². The zero-order chi connectivity index (χ0) is 12.5. The summed E-state index contributed by atoms with van der Waals surface area (Å²) in [7, 11) is 0. The largest absolute Gasteiger partial charge is 0.477 e. The van der Waals surface area contributed by atoms with Crippen LogP contribution in [0, 0.1) is 6.92 Å². The van der Waals surface area contributed by atoms with Crippen LogP contribution in [0.4, 0.5) is 0 Å². The Morgan fingerprint density at radius 1 is 1.18 bits per heavy atom. The summed E-state index contributed by atoms with van der Waals surface area (Å²) in [6.07, 6.45) is 6.22. The lowest BCUT2D eigenvalue weighted by Crippen LogP contribution is -2.06. The topological polar surface area (TPSA) is 48.1 Å². The van der Waals surface area contributed by atoms with Gasteiger partial charge in [0.25, 0.3) is 0 Å². The first kappa shape index (κ1) is 14.0. The molecule has 0 aliphatic rings. The van der Waals surface area contributed by atoms with Gasteiger partial charge in [0.1, 0.15) is 0 Å². The second-order valence-corrected chi connectivity index (χ2v) is 4.38. The van der Waals surface area contributed by atoms with Gasteiger partial charge in [0.15, 0.2) is 0 Å². The maximum absolute atomic E-state index is 5.70. The van der Waals surface area contributed by atoms with Crippen LogP contribution in [-0.2, 0) is 6.54 Å². The molecule has 0 aromatic carbocycles. The van der Waals surface area contributed by atoms with Crippen molar-refractivity contribution in [2.45, 2.75) is 52.5 Å². The fourth-order valence-electron chi connectivity index (χ4n) is 1.72. The number of nitrogens with zero attached hydrogens (tertiary/aromatic N) is 1. The van der Waals surface area contributed by atoms with E-state index in [0.29, 0.717) is 12.4 Å². The van der Waals surface area contributed by atoms with Crippen molar-refractivity contribution in [1.82, 2.24) is 4.98 Å². The van der Waals surface area contributed by atoms with E-state index in [0.717, 1.165) is 24.3 Å². The van der Waals surface area contributed by atoms with Gasteiger partial charge in [-0.05, 0) is 19.4 Å². The third-order valence-corrected chi connectivity index (χ3v) is 2.78. The minimum atomic E-state index is 0.485. The van der Waals surface area contributed by atoms with Crippen molar-refractivity contribution in [3.8, 4) is 5.88 Å². The third-order valence-electron chi connectivity index (χ3n) is 2.78. The van der Waals surface area contributed by atoms with Gasteiger partial charge in [0.05, 0.1) is 6.61 Å². The number of hydrogen-bond acceptors (Lipinski definition) is 3. The molecule has 1 rings (SSSR count). The predicted molar refractivity (Wildman–Crippen MR) is 71.1 cm³/mol. The predicted octanol–water partition coefficient (Wildman–Crippen LogP) is 3.20. The Kier molecular flexibility index (Phi) is 6.63. The number of ether oxygens (including phenoxy) is 1. The Morgan fingerprint density at radius 3 is 2.65 bits per heavy atom. The van der Waals surface area contributed by atoms with E-state index in [2.05, 4.69) is 11.9 Å². The summed E-state index contributed by atoms with van der Waals surface area (Å²) in [5, 5.41) is 0. The van der Waals surface area contributed by atoms with E-state index in [1.54, 1.807) is 0 Å². The van der Waals surface area contributed by atoms with Crippen LogP contribution in [0.3, 0.4) is 0 Å². The second kappa shape index (κ2) is 8.07. The van der Waals surface area contributed by atoms with Crippen LogP contribution in [0.1, 0.15) is 50.3 Å². The summed E-state index contributed by atoms with van der Waals surface area (Å²) >= 11 is 0. The van der Waals surface area contributed by atoms with Crippen LogP contribution >= 0.6 is 0 Å². The molecule has 0 saturated heterocycles. The smallest absolute Gasteiger partial charge is 0.218 e. The maximum atomic E-state index is 5.70. The molecule has 0 atom stereocenters. The Bertz CT molecular complexity index is 326. The van der Waals surface area contributed by atoms with Crippen molar-refractivity contribution in [3.05, 3.63) is 23.4 Å². The van der Waals surface area contributed by atoms with Gasteiger partial charge in [-0.25, -0.2) is 4.98 Å². The maximum Gasteiger partial charge on any atom is 0.218 e. The lowest BCUT2D eigenvalue weighted by Gasteiger charge is -2.09. The average molecular weight is 236 g/mol. The number of hydrogen-bond donors (Lipinski definition) is 1. The highest BCUT2D eigenvalue weighted by atomic mass is 16.5. The molecule has 17 heavy (non-hydrogen) atoms. The average Bonchev–Trinajstić information content (AvgIpc) is 2.34. The Morgan fingerprint density at radius 2 is 1.94 bits per heavy atom. The van der Waals surface area contributed by atoms with Gasteiger partial charge in [-0.2, -0.15) is 0 Å². The molecule has 1 aromatic rings. The highest BCUT2D eigenvalue weighted by molar-refractivity contribution is 5.27. The molecule has 0 spiro atoms. The number of aryl methyl sites for hydroxylation is 1. The van der Waals surface area contributed by atoms with Crippen LogP contribution in [-0.4, -0.2) is 11.6 Å². The number of pyridine rings is 1. The van der Waals surface area contributed by atoms with Gasteiger partial charge < -0.3 is 10.5 Å². The highest BCUT2D eigenvalue weighted by Gasteiger charge is 2.03. The molecule has 0 saturated carbocycles. The summed E-state index contributed by atoms with van der Waals surface area (Å²) in [6, 6.07) is 3.96. The van der Waals surface area contributed by atoms with Crippen molar-refractivity contribution in [3.63, 3.8) is 0 Å². The van der Waals surface area contributed by atoms with Gasteiger partial charge in [-0.1, -0.05) is 38.7 Å². The van der Waals surface area contributed by atoms with Crippen LogP contribution < -0.4 is 10.5 Å². The third kappa shape index (κ3) is 5.18. The lowest BCUT2D eigenvalue weighted by atomic mass is 10.2. The van der Waals surface area contributed by atoms with Crippen molar-refractivity contribution in [2.24, 2.45) is 5.73 Å². The fraction of sp³-hybridized carbons (Fsp3) is 0.643. The molecule has 0 aliphatic carbocycles. The molecule has 3 heteroatoms. The van der Waals surface area contributed by atoms with E-state index in [1.807, 2.05) is 19.1 Å². The molecule has 0 fully saturated rings. The number of aromatic nitrogens is 1. The summed E-state index contributed by atoms with van der Waals surface area (Å²) < 4.78 is 5.70. The number of nitrogens with two attached hydrogens (primary N) is 1. The van der Waals surface area contributed by atoms with Crippen LogP contribution in [0.2, 0.25) is 0 Å². The van der Waals surface area contributed by atoms with Gasteiger partial charge >= 0.3 is 0 Å². The molecule has 96 valence electrons. The van der Waals surface area contributed by atoms with E-state index in [9.17, 15) is 0 Å².